The third-order valence-electron chi connectivity index (χ3n) is 6.05. The van der Waals surface area contributed by atoms with Gasteiger partial charge in [-0.05, 0) is 61.2 Å². The molecule has 2 heteroatoms. The minimum Gasteiger partial charge on any atom is -0.458 e. The Morgan fingerprint density at radius 2 is 1.82 bits per heavy atom. The van der Waals surface area contributed by atoms with Gasteiger partial charge in [0, 0.05) is 0 Å². The molecule has 22 heavy (non-hydrogen) atoms. The van der Waals surface area contributed by atoms with Gasteiger partial charge in [0.2, 0.25) is 0 Å². The van der Waals surface area contributed by atoms with E-state index >= 15 is 0 Å². The van der Waals surface area contributed by atoms with E-state index in [1.807, 2.05) is 0 Å². The Kier molecular flexibility index (Phi) is 5.00. The van der Waals surface area contributed by atoms with Crippen LogP contribution >= 0.6 is 0 Å². The highest BCUT2D eigenvalue weighted by Crippen LogP contribution is 2.56. The lowest BCUT2D eigenvalue weighted by Crippen LogP contribution is -2.47. The van der Waals surface area contributed by atoms with Crippen LogP contribution in [0.5, 0.6) is 0 Å². The largest absolute Gasteiger partial charge is 0.458 e. The third-order valence-corrected chi connectivity index (χ3v) is 6.05. The fourth-order valence-corrected chi connectivity index (χ4v) is 4.79. The number of carbonyl (C=O) groups excluding carboxylic acids is 1. The normalized spacial score (nSPS) is 32.8. The lowest BCUT2D eigenvalue weighted by atomic mass is 9.75. The summed E-state index contributed by atoms with van der Waals surface area (Å²) in [5, 5.41) is 0. The third kappa shape index (κ3) is 3.51. The summed E-state index contributed by atoms with van der Waals surface area (Å²) >= 11 is 0. The molecule has 2 bridgehead atoms. The zero-order chi connectivity index (χ0) is 16.7. The number of hydrogen-bond donors (Lipinski definition) is 0. The average Bonchev–Trinajstić information content (AvgIpc) is 2.95. The summed E-state index contributed by atoms with van der Waals surface area (Å²) in [6.45, 7) is 15.4. The summed E-state index contributed by atoms with van der Waals surface area (Å²) in [6.07, 6.45) is 5.87. The zero-order valence-corrected chi connectivity index (χ0v) is 15.7. The van der Waals surface area contributed by atoms with E-state index in [0.29, 0.717) is 17.8 Å². The number of fused-ring (bicyclic) bond motifs is 2. The summed E-state index contributed by atoms with van der Waals surface area (Å²) < 4.78 is 6.32. The van der Waals surface area contributed by atoms with Gasteiger partial charge in [-0.2, -0.15) is 0 Å². The van der Waals surface area contributed by atoms with Crippen molar-refractivity contribution in [2.45, 2.75) is 86.2 Å². The van der Waals surface area contributed by atoms with Gasteiger partial charge in [0.25, 0.3) is 0 Å². The SMILES string of the molecule is CC(C)C(CC(C)(C)C)C(=O)OC1(C(C)C)CC2CCC1C2. The van der Waals surface area contributed by atoms with Crippen molar-refractivity contribution < 1.29 is 9.53 Å². The highest BCUT2D eigenvalue weighted by Gasteiger charge is 2.55. The maximum Gasteiger partial charge on any atom is 0.309 e. The first-order valence-electron chi connectivity index (χ1n) is 9.28. The molecule has 2 fully saturated rings. The van der Waals surface area contributed by atoms with Gasteiger partial charge in [-0.1, -0.05) is 48.5 Å². The second-order valence-corrected chi connectivity index (χ2v) is 9.73. The maximum atomic E-state index is 13.0. The number of rotatable bonds is 5. The molecule has 0 aromatic heterocycles. The van der Waals surface area contributed by atoms with E-state index in [1.165, 1.54) is 19.3 Å². The summed E-state index contributed by atoms with van der Waals surface area (Å²) in [5.41, 5.74) is -0.0152. The van der Waals surface area contributed by atoms with E-state index < -0.39 is 0 Å². The van der Waals surface area contributed by atoms with Gasteiger partial charge >= 0.3 is 5.97 Å². The van der Waals surface area contributed by atoms with E-state index in [4.69, 9.17) is 4.74 Å². The monoisotopic (exact) mass is 308 g/mol. The van der Waals surface area contributed by atoms with Gasteiger partial charge in [0.1, 0.15) is 5.60 Å². The van der Waals surface area contributed by atoms with Crippen molar-refractivity contribution in [3.8, 4) is 0 Å². The van der Waals surface area contributed by atoms with Crippen LogP contribution in [0.15, 0.2) is 0 Å². The smallest absolute Gasteiger partial charge is 0.309 e. The van der Waals surface area contributed by atoms with Crippen LogP contribution in [0, 0.1) is 35.0 Å². The van der Waals surface area contributed by atoms with Crippen LogP contribution in [0.4, 0.5) is 0 Å². The van der Waals surface area contributed by atoms with E-state index in [0.717, 1.165) is 18.8 Å². The molecule has 2 nitrogen and oxygen atoms in total. The zero-order valence-electron chi connectivity index (χ0n) is 15.7. The van der Waals surface area contributed by atoms with Gasteiger partial charge < -0.3 is 4.74 Å². The molecule has 4 unspecified atom stereocenters. The Bertz CT molecular complexity index is 404. The molecule has 0 spiro atoms. The molecule has 2 aliphatic carbocycles. The van der Waals surface area contributed by atoms with Crippen LogP contribution in [0.3, 0.4) is 0 Å². The lowest BCUT2D eigenvalue weighted by molar-refractivity contribution is -0.180. The minimum absolute atomic E-state index is 0.0229. The molecule has 0 aliphatic heterocycles. The Balaban J connectivity index is 2.14. The van der Waals surface area contributed by atoms with Crippen LogP contribution < -0.4 is 0 Å². The molecule has 0 aromatic rings. The van der Waals surface area contributed by atoms with E-state index in [-0.39, 0.29) is 22.9 Å². The molecular weight excluding hydrogens is 272 g/mol. The number of ether oxygens (including phenoxy) is 1. The van der Waals surface area contributed by atoms with Crippen LogP contribution in [0.1, 0.15) is 80.6 Å². The van der Waals surface area contributed by atoms with Gasteiger partial charge in [-0.25, -0.2) is 0 Å². The highest BCUT2D eigenvalue weighted by molar-refractivity contribution is 5.73. The fraction of sp³-hybridized carbons (Fsp3) is 0.950. The van der Waals surface area contributed by atoms with Crippen molar-refractivity contribution in [2.75, 3.05) is 0 Å². The summed E-state index contributed by atoms with van der Waals surface area (Å²) in [4.78, 5) is 13.0. The first-order valence-corrected chi connectivity index (χ1v) is 9.28. The van der Waals surface area contributed by atoms with Gasteiger partial charge in [0.05, 0.1) is 5.92 Å². The standard InChI is InChI=1S/C20H36O2/c1-13(2)17(12-19(5,6)7)18(21)22-20(14(3)4)11-15-8-9-16(20)10-15/h13-17H,8-12H2,1-7H3. The molecule has 0 amide bonds. The quantitative estimate of drug-likeness (QED) is 0.631. The molecule has 0 radical (unpaired) electrons. The predicted molar refractivity (Wildman–Crippen MR) is 91.5 cm³/mol. The summed E-state index contributed by atoms with van der Waals surface area (Å²) in [6, 6.07) is 0. The number of hydrogen-bond acceptors (Lipinski definition) is 2. The topological polar surface area (TPSA) is 26.3 Å². The summed E-state index contributed by atoms with van der Waals surface area (Å²) in [7, 11) is 0. The number of esters is 1. The van der Waals surface area contributed by atoms with Crippen LogP contribution in [0.2, 0.25) is 0 Å². The van der Waals surface area contributed by atoms with Crippen LogP contribution in [-0.2, 0) is 9.53 Å². The molecule has 2 rings (SSSR count). The highest BCUT2D eigenvalue weighted by atomic mass is 16.6. The molecule has 0 N–H and O–H groups in total. The number of carbonyl (C=O) groups is 1. The molecule has 128 valence electrons. The molecule has 2 aliphatic rings. The van der Waals surface area contributed by atoms with Crippen molar-refractivity contribution in [3.63, 3.8) is 0 Å². The van der Waals surface area contributed by atoms with Crippen molar-refractivity contribution >= 4 is 5.97 Å². The molecule has 0 aromatic carbocycles. The van der Waals surface area contributed by atoms with Crippen LogP contribution in [0.25, 0.3) is 0 Å². The maximum absolute atomic E-state index is 13.0. The van der Waals surface area contributed by atoms with Gasteiger partial charge in [-0.3, -0.25) is 4.79 Å². The molecule has 0 heterocycles. The second kappa shape index (κ2) is 6.17. The molecule has 2 saturated carbocycles. The Morgan fingerprint density at radius 1 is 1.18 bits per heavy atom. The van der Waals surface area contributed by atoms with Crippen molar-refractivity contribution in [2.24, 2.45) is 35.0 Å². The van der Waals surface area contributed by atoms with Gasteiger partial charge in [-0.15, -0.1) is 0 Å². The molecular formula is C20H36O2. The predicted octanol–water partition coefficient (Wildman–Crippen LogP) is 5.45. The van der Waals surface area contributed by atoms with Crippen molar-refractivity contribution in [1.29, 1.82) is 0 Å². The van der Waals surface area contributed by atoms with E-state index in [2.05, 4.69) is 48.5 Å². The van der Waals surface area contributed by atoms with E-state index in [9.17, 15) is 4.79 Å². The van der Waals surface area contributed by atoms with E-state index in [1.54, 1.807) is 0 Å². The molecule has 4 atom stereocenters. The first kappa shape index (κ1) is 17.8. The Hall–Kier alpha value is -0.530. The summed E-state index contributed by atoms with van der Waals surface area (Å²) in [5.74, 6) is 2.24. The molecule has 0 saturated heterocycles. The second-order valence-electron chi connectivity index (χ2n) is 9.73. The van der Waals surface area contributed by atoms with Gasteiger partial charge in [0.15, 0.2) is 0 Å². The van der Waals surface area contributed by atoms with Crippen molar-refractivity contribution in [1.82, 2.24) is 0 Å². The van der Waals surface area contributed by atoms with Crippen LogP contribution in [-0.4, -0.2) is 11.6 Å². The first-order chi connectivity index (χ1) is 10.0. The Morgan fingerprint density at radius 3 is 2.18 bits per heavy atom. The fourth-order valence-electron chi connectivity index (χ4n) is 4.79. The lowest BCUT2D eigenvalue weighted by Gasteiger charge is -2.42. The minimum atomic E-state index is -0.176. The Labute approximate surface area is 137 Å². The van der Waals surface area contributed by atoms with Crippen molar-refractivity contribution in [3.05, 3.63) is 0 Å². The average molecular weight is 309 g/mol.